The molecule has 1 rings (SSSR count). The molecule has 14 heavy (non-hydrogen) atoms. The molecule has 78 valence electrons. The molecule has 0 fully saturated rings. The number of nitrogens with zero attached hydrogens (tertiary/aromatic N) is 1. The summed E-state index contributed by atoms with van der Waals surface area (Å²) in [7, 11) is 0. The Kier molecular flexibility index (Phi) is 4.96. The molecule has 0 bridgehead atoms. The van der Waals surface area contributed by atoms with Crippen molar-refractivity contribution in [1.29, 1.82) is 0 Å². The van der Waals surface area contributed by atoms with Crippen LogP contribution in [0.15, 0.2) is 21.8 Å². The molecular weight excluding hydrogens is 258 g/mol. The van der Waals surface area contributed by atoms with Gasteiger partial charge in [0.25, 0.3) is 0 Å². The molecule has 0 aliphatic heterocycles. The molecule has 1 nitrogen and oxygen atoms in total. The van der Waals surface area contributed by atoms with E-state index in [-0.39, 0.29) is 0 Å². The fourth-order valence-electron chi connectivity index (χ4n) is 1.02. The maximum atomic E-state index is 4.39. The third kappa shape index (κ3) is 4.01. The van der Waals surface area contributed by atoms with Crippen LogP contribution < -0.4 is 0 Å². The minimum absolute atomic E-state index is 0.770. The van der Waals surface area contributed by atoms with Crippen LogP contribution in [0.3, 0.4) is 0 Å². The van der Waals surface area contributed by atoms with Gasteiger partial charge >= 0.3 is 0 Å². The second-order valence-corrected chi connectivity index (χ2v) is 5.77. The number of hydrogen-bond acceptors (Lipinski definition) is 2. The molecular formula is C11H16BrNS. The molecule has 0 atom stereocenters. The van der Waals surface area contributed by atoms with Crippen molar-refractivity contribution in [3.63, 3.8) is 0 Å². The normalized spacial score (nSPS) is 10.9. The molecule has 0 aliphatic carbocycles. The van der Waals surface area contributed by atoms with Gasteiger partial charge in [-0.15, -0.1) is 11.8 Å². The Labute approximate surface area is 98.8 Å². The van der Waals surface area contributed by atoms with Crippen LogP contribution in [0.2, 0.25) is 0 Å². The standard InChI is InChI=1S/C11H16BrNS/c1-8(2)4-5-14-11-10(12)6-9(3)7-13-11/h6-8H,4-5H2,1-3H3. The maximum Gasteiger partial charge on any atom is 0.110 e. The lowest BCUT2D eigenvalue weighted by atomic mass is 10.2. The van der Waals surface area contributed by atoms with E-state index < -0.39 is 0 Å². The number of aryl methyl sites for hydroxylation is 1. The Bertz CT molecular complexity index is 299. The van der Waals surface area contributed by atoms with Gasteiger partial charge in [-0.2, -0.15) is 0 Å². The van der Waals surface area contributed by atoms with Crippen LogP contribution >= 0.6 is 27.7 Å². The van der Waals surface area contributed by atoms with E-state index in [4.69, 9.17) is 0 Å². The van der Waals surface area contributed by atoms with Crippen molar-refractivity contribution in [2.45, 2.75) is 32.2 Å². The maximum absolute atomic E-state index is 4.39. The first kappa shape index (κ1) is 12.1. The highest BCUT2D eigenvalue weighted by atomic mass is 79.9. The predicted molar refractivity (Wildman–Crippen MR) is 66.9 cm³/mol. The van der Waals surface area contributed by atoms with E-state index in [9.17, 15) is 0 Å². The lowest BCUT2D eigenvalue weighted by Gasteiger charge is -2.05. The Balaban J connectivity index is 2.51. The fourth-order valence-corrected chi connectivity index (χ4v) is 2.93. The van der Waals surface area contributed by atoms with Crippen LogP contribution in [-0.4, -0.2) is 10.7 Å². The molecule has 1 aromatic heterocycles. The van der Waals surface area contributed by atoms with Gasteiger partial charge in [0.1, 0.15) is 5.03 Å². The molecule has 1 heterocycles. The van der Waals surface area contributed by atoms with Crippen molar-refractivity contribution < 1.29 is 0 Å². The van der Waals surface area contributed by atoms with Gasteiger partial charge in [-0.3, -0.25) is 0 Å². The second-order valence-electron chi connectivity index (χ2n) is 3.83. The molecule has 0 aliphatic rings. The zero-order chi connectivity index (χ0) is 10.6. The van der Waals surface area contributed by atoms with Gasteiger partial charge in [0, 0.05) is 6.20 Å². The van der Waals surface area contributed by atoms with Crippen LogP contribution in [0.5, 0.6) is 0 Å². The van der Waals surface area contributed by atoms with E-state index >= 15 is 0 Å². The summed E-state index contributed by atoms with van der Waals surface area (Å²) < 4.78 is 1.12. The van der Waals surface area contributed by atoms with Crippen molar-refractivity contribution in [3.05, 3.63) is 22.3 Å². The zero-order valence-corrected chi connectivity index (χ0v) is 11.3. The largest absolute Gasteiger partial charge is 0.248 e. The van der Waals surface area contributed by atoms with Gasteiger partial charge in [-0.25, -0.2) is 4.98 Å². The smallest absolute Gasteiger partial charge is 0.110 e. The quantitative estimate of drug-likeness (QED) is 0.760. The number of thioether (sulfide) groups is 1. The van der Waals surface area contributed by atoms with Crippen molar-refractivity contribution in [1.82, 2.24) is 4.98 Å². The monoisotopic (exact) mass is 273 g/mol. The van der Waals surface area contributed by atoms with Gasteiger partial charge in [-0.05, 0) is 52.6 Å². The first-order valence-corrected chi connectivity index (χ1v) is 6.62. The van der Waals surface area contributed by atoms with E-state index in [1.165, 1.54) is 12.0 Å². The number of hydrogen-bond donors (Lipinski definition) is 0. The zero-order valence-electron chi connectivity index (χ0n) is 8.88. The second kappa shape index (κ2) is 5.76. The SMILES string of the molecule is Cc1cnc(SCCC(C)C)c(Br)c1. The van der Waals surface area contributed by atoms with Crippen molar-refractivity contribution >= 4 is 27.7 Å². The Hall–Kier alpha value is -0.0200. The first-order valence-electron chi connectivity index (χ1n) is 4.84. The van der Waals surface area contributed by atoms with Crippen molar-refractivity contribution in [3.8, 4) is 0 Å². The Morgan fingerprint density at radius 1 is 1.50 bits per heavy atom. The highest BCUT2D eigenvalue weighted by Gasteiger charge is 2.02. The summed E-state index contributed by atoms with van der Waals surface area (Å²) in [5.74, 6) is 1.92. The summed E-state index contributed by atoms with van der Waals surface area (Å²) in [6.07, 6.45) is 3.16. The van der Waals surface area contributed by atoms with Crippen LogP contribution in [0.1, 0.15) is 25.8 Å². The molecule has 0 aromatic carbocycles. The number of rotatable bonds is 4. The van der Waals surface area contributed by atoms with Crippen LogP contribution in [0.25, 0.3) is 0 Å². The molecule has 1 aromatic rings. The average molecular weight is 274 g/mol. The van der Waals surface area contributed by atoms with Gasteiger partial charge in [0.2, 0.25) is 0 Å². The van der Waals surface area contributed by atoms with Crippen molar-refractivity contribution in [2.24, 2.45) is 5.92 Å². The third-order valence-electron chi connectivity index (χ3n) is 1.88. The van der Waals surface area contributed by atoms with E-state index in [1.807, 2.05) is 18.0 Å². The summed E-state index contributed by atoms with van der Waals surface area (Å²) >= 11 is 5.36. The van der Waals surface area contributed by atoms with Gasteiger partial charge in [0.05, 0.1) is 4.47 Å². The van der Waals surface area contributed by atoms with Crippen LogP contribution in [-0.2, 0) is 0 Å². The molecule has 0 unspecified atom stereocenters. The summed E-state index contributed by atoms with van der Waals surface area (Å²) in [6.45, 7) is 6.55. The van der Waals surface area contributed by atoms with E-state index in [0.29, 0.717) is 0 Å². The number of halogens is 1. The molecule has 0 amide bonds. The number of pyridine rings is 1. The predicted octanol–water partition coefficient (Wildman–Crippen LogP) is 4.29. The molecule has 3 heteroatoms. The van der Waals surface area contributed by atoms with Gasteiger partial charge < -0.3 is 0 Å². The van der Waals surface area contributed by atoms with E-state index in [0.717, 1.165) is 21.2 Å². The molecule has 0 N–H and O–H groups in total. The van der Waals surface area contributed by atoms with Crippen LogP contribution in [0.4, 0.5) is 0 Å². The summed E-state index contributed by atoms with van der Waals surface area (Å²) in [5.41, 5.74) is 1.20. The molecule has 0 saturated heterocycles. The average Bonchev–Trinajstić information content (AvgIpc) is 2.08. The highest BCUT2D eigenvalue weighted by Crippen LogP contribution is 2.26. The lowest BCUT2D eigenvalue weighted by molar-refractivity contribution is 0.632. The molecule has 0 radical (unpaired) electrons. The van der Waals surface area contributed by atoms with E-state index in [1.54, 1.807) is 0 Å². The highest BCUT2D eigenvalue weighted by molar-refractivity contribution is 9.10. The summed E-state index contributed by atoms with van der Waals surface area (Å²) in [4.78, 5) is 4.39. The van der Waals surface area contributed by atoms with Crippen LogP contribution in [0, 0.1) is 12.8 Å². The lowest BCUT2D eigenvalue weighted by Crippen LogP contribution is -1.91. The Morgan fingerprint density at radius 3 is 2.79 bits per heavy atom. The number of aromatic nitrogens is 1. The van der Waals surface area contributed by atoms with Crippen molar-refractivity contribution in [2.75, 3.05) is 5.75 Å². The van der Waals surface area contributed by atoms with E-state index in [2.05, 4.69) is 47.8 Å². The van der Waals surface area contributed by atoms with Gasteiger partial charge in [-0.1, -0.05) is 13.8 Å². The first-order chi connectivity index (χ1) is 6.59. The molecule has 0 saturated carbocycles. The third-order valence-corrected chi connectivity index (χ3v) is 3.78. The van der Waals surface area contributed by atoms with Gasteiger partial charge in [0.15, 0.2) is 0 Å². The summed E-state index contributed by atoms with van der Waals surface area (Å²) in [5, 5.41) is 1.11. The summed E-state index contributed by atoms with van der Waals surface area (Å²) in [6, 6.07) is 2.12. The Morgan fingerprint density at radius 2 is 2.21 bits per heavy atom. The molecule has 0 spiro atoms. The topological polar surface area (TPSA) is 12.9 Å². The minimum Gasteiger partial charge on any atom is -0.248 e. The minimum atomic E-state index is 0.770. The fraction of sp³-hybridized carbons (Fsp3) is 0.545.